The minimum Gasteiger partial charge on any atom is -0.378 e. The Morgan fingerprint density at radius 1 is 1.07 bits per heavy atom. The number of aromatic nitrogens is 4. The standard InChI is InChI=1S/C20H24N6O2/c1-13-12-14(2)25(22-13)18-10-11-19(27)26(23-18)15(3)20(28)21-16-6-8-17(9-7-16)24(4)5/h6-12,15H,1-5H3,(H,21,28). The molecule has 0 fully saturated rings. The summed E-state index contributed by atoms with van der Waals surface area (Å²) in [5.41, 5.74) is 3.08. The van der Waals surface area contributed by atoms with Crippen molar-refractivity contribution >= 4 is 17.3 Å². The van der Waals surface area contributed by atoms with Gasteiger partial charge in [-0.15, -0.1) is 5.10 Å². The first kappa shape index (κ1) is 19.3. The molecule has 146 valence electrons. The molecule has 3 rings (SSSR count). The lowest BCUT2D eigenvalue weighted by molar-refractivity contribution is -0.119. The monoisotopic (exact) mass is 380 g/mol. The first-order valence-electron chi connectivity index (χ1n) is 8.98. The fourth-order valence-corrected chi connectivity index (χ4v) is 2.87. The summed E-state index contributed by atoms with van der Waals surface area (Å²) in [6.45, 7) is 5.44. The summed E-state index contributed by atoms with van der Waals surface area (Å²) in [5.74, 6) is 0.165. The van der Waals surface area contributed by atoms with Crippen molar-refractivity contribution < 1.29 is 4.79 Å². The van der Waals surface area contributed by atoms with Gasteiger partial charge in [0.25, 0.3) is 5.56 Å². The number of nitrogens with one attached hydrogen (secondary N) is 1. The summed E-state index contributed by atoms with van der Waals surface area (Å²) in [6, 6.07) is 11.6. The molecule has 8 heteroatoms. The molecule has 0 radical (unpaired) electrons. The molecule has 0 bridgehead atoms. The number of hydrogen-bond donors (Lipinski definition) is 1. The Morgan fingerprint density at radius 3 is 2.32 bits per heavy atom. The number of hydrogen-bond acceptors (Lipinski definition) is 5. The number of anilines is 2. The predicted molar refractivity (Wildman–Crippen MR) is 109 cm³/mol. The van der Waals surface area contributed by atoms with Gasteiger partial charge in [-0.05, 0) is 57.2 Å². The number of amides is 1. The van der Waals surface area contributed by atoms with E-state index in [-0.39, 0.29) is 11.5 Å². The lowest BCUT2D eigenvalue weighted by Gasteiger charge is -2.16. The predicted octanol–water partition coefficient (Wildman–Crippen LogP) is 2.31. The van der Waals surface area contributed by atoms with Gasteiger partial charge in [-0.3, -0.25) is 9.59 Å². The molecule has 0 aliphatic carbocycles. The van der Waals surface area contributed by atoms with Crippen LogP contribution in [0.4, 0.5) is 11.4 Å². The van der Waals surface area contributed by atoms with Crippen molar-refractivity contribution in [2.75, 3.05) is 24.3 Å². The molecule has 3 aromatic rings. The van der Waals surface area contributed by atoms with Crippen LogP contribution in [0.25, 0.3) is 5.82 Å². The Morgan fingerprint density at radius 2 is 1.75 bits per heavy atom. The molecule has 28 heavy (non-hydrogen) atoms. The van der Waals surface area contributed by atoms with Crippen molar-refractivity contribution in [2.24, 2.45) is 0 Å². The Kier molecular flexibility index (Phi) is 5.30. The third-order valence-electron chi connectivity index (χ3n) is 4.44. The average molecular weight is 380 g/mol. The highest BCUT2D eigenvalue weighted by Gasteiger charge is 2.19. The lowest BCUT2D eigenvalue weighted by atomic mass is 10.2. The number of carbonyl (C=O) groups excluding carboxylic acids is 1. The topological polar surface area (TPSA) is 85.0 Å². The Hall–Kier alpha value is -3.42. The van der Waals surface area contributed by atoms with Crippen LogP contribution in [-0.4, -0.2) is 39.6 Å². The molecule has 8 nitrogen and oxygen atoms in total. The smallest absolute Gasteiger partial charge is 0.267 e. The van der Waals surface area contributed by atoms with Gasteiger partial charge < -0.3 is 10.2 Å². The molecule has 2 heterocycles. The van der Waals surface area contributed by atoms with Crippen LogP contribution in [0.1, 0.15) is 24.4 Å². The van der Waals surface area contributed by atoms with E-state index >= 15 is 0 Å². The average Bonchev–Trinajstić information content (AvgIpc) is 3.00. The van der Waals surface area contributed by atoms with E-state index in [2.05, 4.69) is 15.5 Å². The molecule has 1 unspecified atom stereocenters. The van der Waals surface area contributed by atoms with E-state index in [9.17, 15) is 9.59 Å². The third kappa shape index (κ3) is 3.95. The van der Waals surface area contributed by atoms with E-state index in [1.807, 2.05) is 63.2 Å². The lowest BCUT2D eigenvalue weighted by Crippen LogP contribution is -2.33. The van der Waals surface area contributed by atoms with Gasteiger partial charge >= 0.3 is 0 Å². The summed E-state index contributed by atoms with van der Waals surface area (Å²) in [7, 11) is 3.90. The maximum atomic E-state index is 12.7. The van der Waals surface area contributed by atoms with Gasteiger partial charge in [0.05, 0.1) is 5.69 Å². The van der Waals surface area contributed by atoms with Gasteiger partial charge in [-0.2, -0.15) is 5.10 Å². The van der Waals surface area contributed by atoms with Crippen LogP contribution in [-0.2, 0) is 4.79 Å². The van der Waals surface area contributed by atoms with Crippen molar-refractivity contribution in [1.82, 2.24) is 19.6 Å². The molecule has 0 saturated heterocycles. The van der Waals surface area contributed by atoms with Gasteiger partial charge in [0, 0.05) is 37.2 Å². The Bertz CT molecular complexity index is 1050. The van der Waals surface area contributed by atoms with Gasteiger partial charge in [0.1, 0.15) is 6.04 Å². The Labute approximate surface area is 163 Å². The van der Waals surface area contributed by atoms with Crippen molar-refractivity contribution in [3.63, 3.8) is 0 Å². The molecular weight excluding hydrogens is 356 g/mol. The summed E-state index contributed by atoms with van der Waals surface area (Å²) in [5, 5.41) is 11.6. The molecule has 1 amide bonds. The molecule has 0 saturated carbocycles. The second kappa shape index (κ2) is 7.67. The highest BCUT2D eigenvalue weighted by Crippen LogP contribution is 2.17. The fraction of sp³-hybridized carbons (Fsp3) is 0.300. The van der Waals surface area contributed by atoms with Gasteiger partial charge in [-0.25, -0.2) is 9.36 Å². The van der Waals surface area contributed by atoms with E-state index in [0.29, 0.717) is 11.5 Å². The molecule has 1 aromatic carbocycles. The SMILES string of the molecule is Cc1cc(C)n(-c2ccc(=O)n(C(C)C(=O)Nc3ccc(N(C)C)cc3)n2)n1. The van der Waals surface area contributed by atoms with Crippen LogP contribution in [0.5, 0.6) is 0 Å². The van der Waals surface area contributed by atoms with Crippen molar-refractivity contribution in [2.45, 2.75) is 26.8 Å². The van der Waals surface area contributed by atoms with Crippen LogP contribution in [0, 0.1) is 13.8 Å². The maximum Gasteiger partial charge on any atom is 0.267 e. The summed E-state index contributed by atoms with van der Waals surface area (Å²) >= 11 is 0. The normalized spacial score (nSPS) is 11.9. The first-order valence-corrected chi connectivity index (χ1v) is 8.98. The molecular formula is C20H24N6O2. The van der Waals surface area contributed by atoms with Crippen molar-refractivity contribution in [3.8, 4) is 5.82 Å². The molecule has 0 aliphatic heterocycles. The Balaban J connectivity index is 1.84. The minimum absolute atomic E-state index is 0.322. The second-order valence-corrected chi connectivity index (χ2v) is 6.92. The number of rotatable bonds is 5. The number of benzene rings is 1. The van der Waals surface area contributed by atoms with Crippen LogP contribution < -0.4 is 15.8 Å². The number of carbonyl (C=O) groups is 1. The second-order valence-electron chi connectivity index (χ2n) is 6.92. The number of aryl methyl sites for hydroxylation is 2. The highest BCUT2D eigenvalue weighted by atomic mass is 16.2. The molecule has 1 N–H and O–H groups in total. The van der Waals surface area contributed by atoms with Crippen molar-refractivity contribution in [3.05, 3.63) is 64.2 Å². The molecule has 0 spiro atoms. The zero-order valence-electron chi connectivity index (χ0n) is 16.7. The van der Waals surface area contributed by atoms with E-state index in [1.54, 1.807) is 17.7 Å². The van der Waals surface area contributed by atoms with Crippen LogP contribution in [0.15, 0.2) is 47.3 Å². The van der Waals surface area contributed by atoms with E-state index < -0.39 is 6.04 Å². The third-order valence-corrected chi connectivity index (χ3v) is 4.44. The fourth-order valence-electron chi connectivity index (χ4n) is 2.87. The minimum atomic E-state index is -0.780. The van der Waals surface area contributed by atoms with Crippen molar-refractivity contribution in [1.29, 1.82) is 0 Å². The van der Waals surface area contributed by atoms with Gasteiger partial charge in [0.2, 0.25) is 5.91 Å². The summed E-state index contributed by atoms with van der Waals surface area (Å²) in [4.78, 5) is 26.9. The van der Waals surface area contributed by atoms with Gasteiger partial charge in [0.15, 0.2) is 5.82 Å². The molecule has 1 atom stereocenters. The first-order chi connectivity index (χ1) is 13.3. The summed E-state index contributed by atoms with van der Waals surface area (Å²) in [6.07, 6.45) is 0. The van der Waals surface area contributed by atoms with E-state index in [0.717, 1.165) is 17.1 Å². The summed E-state index contributed by atoms with van der Waals surface area (Å²) < 4.78 is 2.82. The van der Waals surface area contributed by atoms with Crippen LogP contribution in [0.3, 0.4) is 0 Å². The zero-order valence-corrected chi connectivity index (χ0v) is 16.7. The zero-order chi connectivity index (χ0) is 20.4. The number of nitrogens with zero attached hydrogens (tertiary/aromatic N) is 5. The quantitative estimate of drug-likeness (QED) is 0.734. The van der Waals surface area contributed by atoms with E-state index in [4.69, 9.17) is 0 Å². The largest absolute Gasteiger partial charge is 0.378 e. The van der Waals surface area contributed by atoms with Crippen LogP contribution >= 0.6 is 0 Å². The molecule has 0 aliphatic rings. The highest BCUT2D eigenvalue weighted by molar-refractivity contribution is 5.93. The maximum absolute atomic E-state index is 12.7. The van der Waals surface area contributed by atoms with E-state index in [1.165, 1.54) is 10.7 Å². The van der Waals surface area contributed by atoms with Crippen LogP contribution in [0.2, 0.25) is 0 Å². The molecule has 2 aromatic heterocycles. The van der Waals surface area contributed by atoms with Gasteiger partial charge in [-0.1, -0.05) is 0 Å².